The van der Waals surface area contributed by atoms with E-state index in [1.807, 2.05) is 66.9 Å². The second kappa shape index (κ2) is 10.7. The fourth-order valence-corrected chi connectivity index (χ4v) is 4.50. The van der Waals surface area contributed by atoms with Crippen molar-refractivity contribution in [1.82, 2.24) is 4.57 Å². The lowest BCUT2D eigenvalue weighted by molar-refractivity contribution is -0.137. The summed E-state index contributed by atoms with van der Waals surface area (Å²) in [6.45, 7) is 4.33. The van der Waals surface area contributed by atoms with E-state index in [4.69, 9.17) is 0 Å². The van der Waals surface area contributed by atoms with Crippen LogP contribution in [-0.4, -0.2) is 16.4 Å². The van der Waals surface area contributed by atoms with Gasteiger partial charge in [0.15, 0.2) is 0 Å². The van der Waals surface area contributed by atoms with Crippen LogP contribution in [0, 0.1) is 13.8 Å². The van der Waals surface area contributed by atoms with E-state index in [0.29, 0.717) is 23.5 Å². The number of fused-ring (bicyclic) bond motifs is 1. The van der Waals surface area contributed by atoms with Gasteiger partial charge in [-0.1, -0.05) is 36.4 Å². The van der Waals surface area contributed by atoms with Gasteiger partial charge in [0, 0.05) is 34.4 Å². The molecule has 1 aromatic heterocycles. The van der Waals surface area contributed by atoms with Crippen LogP contribution < -0.4 is 10.6 Å². The van der Waals surface area contributed by atoms with Gasteiger partial charge in [-0.15, -0.1) is 0 Å². The van der Waals surface area contributed by atoms with Crippen molar-refractivity contribution >= 4 is 34.1 Å². The van der Waals surface area contributed by atoms with Crippen molar-refractivity contribution in [2.45, 2.75) is 26.6 Å². The van der Waals surface area contributed by atoms with Crippen LogP contribution in [0.1, 0.15) is 43.1 Å². The standard InChI is InChI=1S/C32H26F3N3O2/c1-20-8-9-23(16-21(20)2)30(39)37-27-14-15-28-24(17-27)18-29(38(28)19-22-6-4-3-5-7-22)31(40)36-26-12-10-25(11-13-26)32(33,34)35/h3-18H,19H2,1-2H3,(H,36,40)(H,37,39). The molecule has 0 atom stereocenters. The number of nitrogens with zero attached hydrogens (tertiary/aromatic N) is 1. The summed E-state index contributed by atoms with van der Waals surface area (Å²) in [6.07, 6.45) is -4.46. The first-order chi connectivity index (χ1) is 19.1. The maximum Gasteiger partial charge on any atom is 0.416 e. The Balaban J connectivity index is 1.46. The molecule has 40 heavy (non-hydrogen) atoms. The highest BCUT2D eigenvalue weighted by atomic mass is 19.4. The summed E-state index contributed by atoms with van der Waals surface area (Å²) in [6, 6.07) is 26.6. The van der Waals surface area contributed by atoms with E-state index < -0.39 is 17.6 Å². The molecule has 0 aliphatic heterocycles. The Hall–Kier alpha value is -4.85. The predicted molar refractivity (Wildman–Crippen MR) is 151 cm³/mol. The molecule has 0 unspecified atom stereocenters. The number of rotatable bonds is 6. The van der Waals surface area contributed by atoms with Crippen LogP contribution >= 0.6 is 0 Å². The van der Waals surface area contributed by atoms with Crippen molar-refractivity contribution in [2.24, 2.45) is 0 Å². The summed E-state index contributed by atoms with van der Waals surface area (Å²) >= 11 is 0. The summed E-state index contributed by atoms with van der Waals surface area (Å²) in [7, 11) is 0. The van der Waals surface area contributed by atoms with E-state index in [-0.39, 0.29) is 11.6 Å². The quantitative estimate of drug-likeness (QED) is 0.230. The fraction of sp³-hybridized carbons (Fsp3) is 0.125. The van der Waals surface area contributed by atoms with Crippen LogP contribution in [0.4, 0.5) is 24.5 Å². The number of amides is 2. The third-order valence-electron chi connectivity index (χ3n) is 6.81. The minimum Gasteiger partial charge on any atom is -0.332 e. The first-order valence-electron chi connectivity index (χ1n) is 12.6. The molecule has 5 aromatic rings. The van der Waals surface area contributed by atoms with Crippen LogP contribution in [0.2, 0.25) is 0 Å². The molecule has 0 fully saturated rings. The van der Waals surface area contributed by atoms with Crippen molar-refractivity contribution in [3.8, 4) is 0 Å². The van der Waals surface area contributed by atoms with Crippen molar-refractivity contribution in [3.63, 3.8) is 0 Å². The normalized spacial score (nSPS) is 11.4. The molecule has 2 amide bonds. The molecule has 5 rings (SSSR count). The number of anilines is 2. The van der Waals surface area contributed by atoms with E-state index in [2.05, 4.69) is 10.6 Å². The van der Waals surface area contributed by atoms with Gasteiger partial charge in [0.1, 0.15) is 5.69 Å². The Morgan fingerprint density at radius 2 is 1.40 bits per heavy atom. The van der Waals surface area contributed by atoms with E-state index in [9.17, 15) is 22.8 Å². The zero-order valence-corrected chi connectivity index (χ0v) is 21.8. The van der Waals surface area contributed by atoms with Crippen LogP contribution in [0.5, 0.6) is 0 Å². The minimum absolute atomic E-state index is 0.244. The van der Waals surface area contributed by atoms with Crippen LogP contribution in [-0.2, 0) is 12.7 Å². The summed E-state index contributed by atoms with van der Waals surface area (Å²) in [5.74, 6) is -0.709. The first kappa shape index (κ1) is 26.7. The topological polar surface area (TPSA) is 63.1 Å². The number of carbonyl (C=O) groups excluding carboxylic acids is 2. The van der Waals surface area contributed by atoms with Gasteiger partial charge >= 0.3 is 6.18 Å². The monoisotopic (exact) mass is 541 g/mol. The molecule has 0 aliphatic rings. The van der Waals surface area contributed by atoms with Gasteiger partial charge in [-0.25, -0.2) is 0 Å². The highest BCUT2D eigenvalue weighted by molar-refractivity contribution is 6.08. The fourth-order valence-electron chi connectivity index (χ4n) is 4.50. The average molecular weight is 542 g/mol. The number of hydrogen-bond donors (Lipinski definition) is 2. The molecule has 8 heteroatoms. The summed E-state index contributed by atoms with van der Waals surface area (Å²) in [4.78, 5) is 26.2. The molecule has 0 radical (unpaired) electrons. The van der Waals surface area contributed by atoms with Gasteiger partial charge in [0.05, 0.1) is 5.56 Å². The second-order valence-electron chi connectivity index (χ2n) is 9.66. The number of nitrogens with one attached hydrogen (secondary N) is 2. The summed E-state index contributed by atoms with van der Waals surface area (Å²) in [5.41, 5.74) is 4.75. The molecule has 4 aromatic carbocycles. The van der Waals surface area contributed by atoms with Crippen molar-refractivity contribution < 1.29 is 22.8 Å². The van der Waals surface area contributed by atoms with Gasteiger partial charge in [0.25, 0.3) is 11.8 Å². The third-order valence-corrected chi connectivity index (χ3v) is 6.81. The van der Waals surface area contributed by atoms with Crippen LogP contribution in [0.15, 0.2) is 97.1 Å². The average Bonchev–Trinajstić information content (AvgIpc) is 3.28. The molecule has 0 bridgehead atoms. The molecule has 2 N–H and O–H groups in total. The molecular weight excluding hydrogens is 515 g/mol. The maximum atomic E-state index is 13.4. The second-order valence-corrected chi connectivity index (χ2v) is 9.66. The lowest BCUT2D eigenvalue weighted by atomic mass is 10.1. The summed E-state index contributed by atoms with van der Waals surface area (Å²) < 4.78 is 40.7. The molecule has 0 aliphatic carbocycles. The van der Waals surface area contributed by atoms with Gasteiger partial charge < -0.3 is 15.2 Å². The molecule has 202 valence electrons. The maximum absolute atomic E-state index is 13.4. The number of halogens is 3. The van der Waals surface area contributed by atoms with Crippen molar-refractivity contribution in [3.05, 3.63) is 131 Å². The Labute approximate surface area is 229 Å². The van der Waals surface area contributed by atoms with Crippen molar-refractivity contribution in [2.75, 3.05) is 10.6 Å². The van der Waals surface area contributed by atoms with Gasteiger partial charge in [-0.3, -0.25) is 9.59 Å². The number of aryl methyl sites for hydroxylation is 2. The van der Waals surface area contributed by atoms with Gasteiger partial charge in [0.2, 0.25) is 0 Å². The Kier molecular flexibility index (Phi) is 7.17. The molecular formula is C32H26F3N3O2. The lowest BCUT2D eigenvalue weighted by Gasteiger charge is -2.13. The lowest BCUT2D eigenvalue weighted by Crippen LogP contribution is -2.17. The molecule has 0 spiro atoms. The minimum atomic E-state index is -4.46. The molecule has 0 saturated heterocycles. The first-order valence-corrected chi connectivity index (χ1v) is 12.6. The Morgan fingerprint density at radius 3 is 2.08 bits per heavy atom. The van der Waals surface area contributed by atoms with Gasteiger partial charge in [-0.2, -0.15) is 13.2 Å². The number of hydrogen-bond acceptors (Lipinski definition) is 2. The number of benzene rings is 4. The molecule has 5 nitrogen and oxygen atoms in total. The largest absolute Gasteiger partial charge is 0.416 e. The van der Waals surface area contributed by atoms with E-state index in [1.54, 1.807) is 24.3 Å². The van der Waals surface area contributed by atoms with Crippen LogP contribution in [0.3, 0.4) is 0 Å². The van der Waals surface area contributed by atoms with E-state index in [0.717, 1.165) is 39.7 Å². The third kappa shape index (κ3) is 5.76. The molecule has 0 saturated carbocycles. The predicted octanol–water partition coefficient (Wildman–Crippen LogP) is 7.83. The Morgan fingerprint density at radius 1 is 0.725 bits per heavy atom. The van der Waals surface area contributed by atoms with E-state index in [1.165, 1.54) is 12.1 Å². The number of aromatic nitrogens is 1. The highest BCUT2D eigenvalue weighted by Gasteiger charge is 2.30. The summed E-state index contributed by atoms with van der Waals surface area (Å²) in [5, 5.41) is 6.35. The van der Waals surface area contributed by atoms with Crippen molar-refractivity contribution in [1.29, 1.82) is 0 Å². The van der Waals surface area contributed by atoms with E-state index >= 15 is 0 Å². The zero-order valence-electron chi connectivity index (χ0n) is 21.8. The Bertz CT molecular complexity index is 1710. The number of carbonyl (C=O) groups is 2. The SMILES string of the molecule is Cc1ccc(C(=O)Nc2ccc3c(c2)cc(C(=O)Nc2ccc(C(F)(F)F)cc2)n3Cc2ccccc2)cc1C. The van der Waals surface area contributed by atoms with Gasteiger partial charge in [-0.05, 0) is 91.2 Å². The smallest absolute Gasteiger partial charge is 0.332 e. The highest BCUT2D eigenvalue weighted by Crippen LogP contribution is 2.30. The van der Waals surface area contributed by atoms with Crippen LogP contribution in [0.25, 0.3) is 10.9 Å². The number of alkyl halides is 3. The molecule has 1 heterocycles. The zero-order chi connectivity index (χ0) is 28.4.